The molecule has 1 aromatic rings. The molecule has 1 saturated carbocycles. The summed E-state index contributed by atoms with van der Waals surface area (Å²) in [4.78, 5) is 4.37. The number of aromatic nitrogens is 1. The van der Waals surface area contributed by atoms with Gasteiger partial charge in [0, 0.05) is 6.54 Å². The second-order valence-electron chi connectivity index (χ2n) is 6.23. The number of rotatable bonds is 7. The van der Waals surface area contributed by atoms with Crippen molar-refractivity contribution < 1.29 is 9.84 Å². The van der Waals surface area contributed by atoms with Crippen LogP contribution < -0.4 is 10.1 Å². The van der Waals surface area contributed by atoms with E-state index in [9.17, 15) is 5.11 Å². The van der Waals surface area contributed by atoms with Gasteiger partial charge in [-0.2, -0.15) is 0 Å². The summed E-state index contributed by atoms with van der Waals surface area (Å²) in [6.07, 6.45) is 5.62. The minimum atomic E-state index is -0.627. The lowest BCUT2D eigenvalue weighted by atomic mass is 10.0. The van der Waals surface area contributed by atoms with Gasteiger partial charge in [0.1, 0.15) is 12.4 Å². The molecule has 0 bridgehead atoms. The molecule has 0 saturated heterocycles. The SMILES string of the molecule is CC(C)CNCc1ccc(OCC2(O)CCCC2)cn1. The van der Waals surface area contributed by atoms with Gasteiger partial charge in [0.15, 0.2) is 0 Å². The summed E-state index contributed by atoms with van der Waals surface area (Å²) in [5.74, 6) is 1.38. The van der Waals surface area contributed by atoms with E-state index in [2.05, 4.69) is 24.1 Å². The Morgan fingerprint density at radius 3 is 2.70 bits per heavy atom. The summed E-state index contributed by atoms with van der Waals surface area (Å²) in [7, 11) is 0. The highest BCUT2D eigenvalue weighted by atomic mass is 16.5. The van der Waals surface area contributed by atoms with Crippen LogP contribution in [0.5, 0.6) is 5.75 Å². The Morgan fingerprint density at radius 2 is 2.10 bits per heavy atom. The van der Waals surface area contributed by atoms with E-state index >= 15 is 0 Å². The fourth-order valence-corrected chi connectivity index (χ4v) is 2.48. The van der Waals surface area contributed by atoms with Crippen molar-refractivity contribution in [1.82, 2.24) is 10.3 Å². The fourth-order valence-electron chi connectivity index (χ4n) is 2.48. The number of nitrogens with one attached hydrogen (secondary N) is 1. The van der Waals surface area contributed by atoms with Crippen LogP contribution in [0.2, 0.25) is 0 Å². The number of hydrogen-bond acceptors (Lipinski definition) is 4. The van der Waals surface area contributed by atoms with Crippen LogP contribution in [0.1, 0.15) is 45.2 Å². The van der Waals surface area contributed by atoms with Gasteiger partial charge in [-0.15, -0.1) is 0 Å². The van der Waals surface area contributed by atoms with Crippen LogP contribution >= 0.6 is 0 Å². The van der Waals surface area contributed by atoms with Gasteiger partial charge in [-0.05, 0) is 37.4 Å². The second-order valence-corrected chi connectivity index (χ2v) is 6.23. The van der Waals surface area contributed by atoms with Crippen molar-refractivity contribution in [2.24, 2.45) is 5.92 Å². The molecule has 0 atom stereocenters. The number of pyridine rings is 1. The minimum absolute atomic E-state index is 0.375. The Hall–Kier alpha value is -1.13. The first-order valence-electron chi connectivity index (χ1n) is 7.58. The standard InChI is InChI=1S/C16H26N2O2/c1-13(2)9-17-10-14-5-6-15(11-18-14)20-12-16(19)7-3-4-8-16/h5-6,11,13,17,19H,3-4,7-10,12H2,1-2H3. The van der Waals surface area contributed by atoms with Gasteiger partial charge in [0.25, 0.3) is 0 Å². The van der Waals surface area contributed by atoms with Crippen molar-refractivity contribution in [1.29, 1.82) is 0 Å². The Balaban J connectivity index is 1.76. The van der Waals surface area contributed by atoms with Gasteiger partial charge in [-0.3, -0.25) is 4.98 Å². The van der Waals surface area contributed by atoms with Crippen molar-refractivity contribution in [3.05, 3.63) is 24.0 Å². The highest BCUT2D eigenvalue weighted by Crippen LogP contribution is 2.29. The number of ether oxygens (including phenoxy) is 1. The van der Waals surface area contributed by atoms with E-state index in [0.29, 0.717) is 12.5 Å². The maximum atomic E-state index is 10.2. The molecule has 1 aliphatic rings. The molecule has 112 valence electrons. The molecule has 2 N–H and O–H groups in total. The Bertz CT molecular complexity index is 397. The van der Waals surface area contributed by atoms with E-state index in [4.69, 9.17) is 4.74 Å². The highest BCUT2D eigenvalue weighted by molar-refractivity contribution is 5.20. The molecule has 0 unspecified atom stereocenters. The number of hydrogen-bond donors (Lipinski definition) is 2. The first-order chi connectivity index (χ1) is 9.57. The predicted molar refractivity (Wildman–Crippen MR) is 79.7 cm³/mol. The van der Waals surface area contributed by atoms with Gasteiger partial charge in [-0.25, -0.2) is 0 Å². The lowest BCUT2D eigenvalue weighted by molar-refractivity contribution is 0.00130. The lowest BCUT2D eigenvalue weighted by Crippen LogP contribution is -2.32. The van der Waals surface area contributed by atoms with Crippen LogP contribution in [-0.4, -0.2) is 28.8 Å². The van der Waals surface area contributed by atoms with Crippen LogP contribution in [0.3, 0.4) is 0 Å². The predicted octanol–water partition coefficient (Wildman–Crippen LogP) is 2.51. The van der Waals surface area contributed by atoms with Crippen molar-refractivity contribution in [3.8, 4) is 5.75 Å². The van der Waals surface area contributed by atoms with E-state index in [-0.39, 0.29) is 0 Å². The zero-order valence-corrected chi connectivity index (χ0v) is 12.6. The van der Waals surface area contributed by atoms with Gasteiger partial charge in [-0.1, -0.05) is 26.7 Å². The van der Waals surface area contributed by atoms with E-state index in [1.165, 1.54) is 0 Å². The van der Waals surface area contributed by atoms with Crippen LogP contribution in [-0.2, 0) is 6.54 Å². The summed E-state index contributed by atoms with van der Waals surface area (Å²) in [5, 5.41) is 13.6. The summed E-state index contributed by atoms with van der Waals surface area (Å²) in [6, 6.07) is 3.90. The summed E-state index contributed by atoms with van der Waals surface area (Å²) in [6.45, 7) is 6.52. The van der Waals surface area contributed by atoms with Crippen molar-refractivity contribution in [2.75, 3.05) is 13.2 Å². The molecule has 0 radical (unpaired) electrons. The molecule has 0 aromatic carbocycles. The van der Waals surface area contributed by atoms with Crippen LogP contribution in [0.4, 0.5) is 0 Å². The van der Waals surface area contributed by atoms with E-state index in [0.717, 1.165) is 50.2 Å². The van der Waals surface area contributed by atoms with Gasteiger partial charge in [0.2, 0.25) is 0 Å². The largest absolute Gasteiger partial charge is 0.489 e. The zero-order chi connectivity index (χ0) is 14.4. The molecule has 2 rings (SSSR count). The average Bonchev–Trinajstić information content (AvgIpc) is 2.85. The van der Waals surface area contributed by atoms with E-state index in [1.54, 1.807) is 6.20 Å². The maximum Gasteiger partial charge on any atom is 0.137 e. The average molecular weight is 278 g/mol. The van der Waals surface area contributed by atoms with Crippen molar-refractivity contribution in [3.63, 3.8) is 0 Å². The molecule has 1 fully saturated rings. The molecule has 0 amide bonds. The number of nitrogens with zero attached hydrogens (tertiary/aromatic N) is 1. The third-order valence-electron chi connectivity index (χ3n) is 3.70. The molecule has 4 nitrogen and oxygen atoms in total. The molecule has 1 aromatic heterocycles. The summed E-state index contributed by atoms with van der Waals surface area (Å²) in [5.41, 5.74) is 0.384. The van der Waals surface area contributed by atoms with E-state index in [1.807, 2.05) is 12.1 Å². The molecule has 1 aliphatic carbocycles. The normalized spacial score (nSPS) is 17.6. The van der Waals surface area contributed by atoms with Gasteiger partial charge < -0.3 is 15.2 Å². The third-order valence-corrected chi connectivity index (χ3v) is 3.70. The molecular weight excluding hydrogens is 252 g/mol. The van der Waals surface area contributed by atoms with E-state index < -0.39 is 5.60 Å². The van der Waals surface area contributed by atoms with Crippen LogP contribution in [0, 0.1) is 5.92 Å². The summed E-state index contributed by atoms with van der Waals surface area (Å²) >= 11 is 0. The summed E-state index contributed by atoms with van der Waals surface area (Å²) < 4.78 is 5.66. The van der Waals surface area contributed by atoms with Gasteiger partial charge >= 0.3 is 0 Å². The molecule has 1 heterocycles. The molecule has 4 heteroatoms. The topological polar surface area (TPSA) is 54.4 Å². The first kappa shape index (κ1) is 15.3. The van der Waals surface area contributed by atoms with Crippen LogP contribution in [0.15, 0.2) is 18.3 Å². The minimum Gasteiger partial charge on any atom is -0.489 e. The third kappa shape index (κ3) is 4.76. The Morgan fingerprint density at radius 1 is 1.35 bits per heavy atom. The number of aliphatic hydroxyl groups is 1. The fraction of sp³-hybridized carbons (Fsp3) is 0.688. The highest BCUT2D eigenvalue weighted by Gasteiger charge is 2.31. The van der Waals surface area contributed by atoms with Crippen LogP contribution in [0.25, 0.3) is 0 Å². The lowest BCUT2D eigenvalue weighted by Gasteiger charge is -2.22. The monoisotopic (exact) mass is 278 g/mol. The second kappa shape index (κ2) is 7.04. The maximum absolute atomic E-state index is 10.2. The Labute approximate surface area is 121 Å². The Kier molecular flexibility index (Phi) is 5.38. The van der Waals surface area contributed by atoms with Crippen molar-refractivity contribution in [2.45, 2.75) is 51.7 Å². The zero-order valence-electron chi connectivity index (χ0n) is 12.6. The molecular formula is C16H26N2O2. The van der Waals surface area contributed by atoms with Gasteiger partial charge in [0.05, 0.1) is 17.5 Å². The molecule has 0 aliphatic heterocycles. The first-order valence-corrected chi connectivity index (χ1v) is 7.58. The molecule has 0 spiro atoms. The molecule has 20 heavy (non-hydrogen) atoms. The smallest absolute Gasteiger partial charge is 0.137 e. The quantitative estimate of drug-likeness (QED) is 0.804. The van der Waals surface area contributed by atoms with Crippen molar-refractivity contribution >= 4 is 0 Å².